The molecule has 0 radical (unpaired) electrons. The van der Waals surface area contributed by atoms with Crippen LogP contribution in [0.1, 0.15) is 31.8 Å². The SMILES string of the molecule is COc1ccc(COc2ccc(C=O)cc2OCCOc2cc(C=O)ccc2OCc2ccc(OC)cc2)cc1. The smallest absolute Gasteiger partial charge is 0.162 e. The van der Waals surface area contributed by atoms with Gasteiger partial charge in [-0.25, -0.2) is 0 Å². The van der Waals surface area contributed by atoms with Gasteiger partial charge in [-0.2, -0.15) is 0 Å². The number of rotatable bonds is 15. The molecule has 206 valence electrons. The van der Waals surface area contributed by atoms with E-state index in [2.05, 4.69) is 0 Å². The second kappa shape index (κ2) is 14.2. The van der Waals surface area contributed by atoms with Gasteiger partial charge in [-0.05, 0) is 71.8 Å². The molecule has 8 heteroatoms. The normalized spacial score (nSPS) is 10.3. The van der Waals surface area contributed by atoms with Gasteiger partial charge in [0.1, 0.15) is 50.5 Å². The molecular weight excluding hydrogens is 512 g/mol. The molecule has 0 unspecified atom stereocenters. The Morgan fingerprint density at radius 1 is 0.500 bits per heavy atom. The summed E-state index contributed by atoms with van der Waals surface area (Å²) in [5, 5.41) is 0. The molecule has 0 fully saturated rings. The molecule has 40 heavy (non-hydrogen) atoms. The molecule has 0 aliphatic carbocycles. The fraction of sp³-hybridized carbons (Fsp3) is 0.188. The summed E-state index contributed by atoms with van der Waals surface area (Å²) in [6.07, 6.45) is 1.49. The zero-order valence-electron chi connectivity index (χ0n) is 22.3. The van der Waals surface area contributed by atoms with Gasteiger partial charge in [-0.15, -0.1) is 0 Å². The Kier molecular flexibility index (Phi) is 9.99. The molecule has 0 aliphatic heterocycles. The van der Waals surface area contributed by atoms with Crippen molar-refractivity contribution < 1.29 is 38.0 Å². The Balaban J connectivity index is 1.37. The van der Waals surface area contributed by atoms with Gasteiger partial charge in [-0.1, -0.05) is 24.3 Å². The lowest BCUT2D eigenvalue weighted by Gasteiger charge is -2.16. The number of aldehydes is 2. The summed E-state index contributed by atoms with van der Waals surface area (Å²) >= 11 is 0. The summed E-state index contributed by atoms with van der Waals surface area (Å²) in [6.45, 7) is 0.935. The van der Waals surface area contributed by atoms with Crippen molar-refractivity contribution in [3.05, 3.63) is 107 Å². The number of benzene rings is 4. The predicted octanol–water partition coefficient (Wildman–Crippen LogP) is 5.94. The minimum atomic E-state index is 0.157. The first-order valence-corrected chi connectivity index (χ1v) is 12.6. The topological polar surface area (TPSA) is 89.5 Å². The first-order valence-electron chi connectivity index (χ1n) is 12.6. The van der Waals surface area contributed by atoms with Gasteiger partial charge < -0.3 is 28.4 Å². The monoisotopic (exact) mass is 542 g/mol. The van der Waals surface area contributed by atoms with Crippen molar-refractivity contribution in [1.82, 2.24) is 0 Å². The standard InChI is InChI=1S/C32H30O8/c1-35-27-9-3-23(4-10-27)21-39-29-13-7-25(19-33)17-31(29)37-15-16-38-32-18-26(20-34)8-14-30(32)40-22-24-5-11-28(36-2)12-6-24/h3-14,17-20H,15-16,21-22H2,1-2H3. The molecule has 0 saturated carbocycles. The van der Waals surface area contributed by atoms with Crippen LogP contribution in [-0.2, 0) is 13.2 Å². The van der Waals surface area contributed by atoms with Gasteiger partial charge in [0.05, 0.1) is 14.2 Å². The average molecular weight is 543 g/mol. The van der Waals surface area contributed by atoms with Gasteiger partial charge in [0.2, 0.25) is 0 Å². The van der Waals surface area contributed by atoms with Crippen LogP contribution >= 0.6 is 0 Å². The summed E-state index contributed by atoms with van der Waals surface area (Å²) in [5.41, 5.74) is 2.82. The molecule has 0 atom stereocenters. The third-order valence-electron chi connectivity index (χ3n) is 5.91. The maximum atomic E-state index is 11.3. The molecule has 0 N–H and O–H groups in total. The zero-order valence-corrected chi connectivity index (χ0v) is 22.3. The Morgan fingerprint density at radius 2 is 0.900 bits per heavy atom. The molecule has 4 rings (SSSR count). The number of carbonyl (C=O) groups is 2. The van der Waals surface area contributed by atoms with E-state index in [4.69, 9.17) is 28.4 Å². The van der Waals surface area contributed by atoms with Gasteiger partial charge >= 0.3 is 0 Å². The first-order chi connectivity index (χ1) is 19.6. The lowest BCUT2D eigenvalue weighted by atomic mass is 10.2. The van der Waals surface area contributed by atoms with Crippen LogP contribution in [0.15, 0.2) is 84.9 Å². The number of methoxy groups -OCH3 is 2. The maximum Gasteiger partial charge on any atom is 0.162 e. The minimum absolute atomic E-state index is 0.157. The Morgan fingerprint density at radius 3 is 1.25 bits per heavy atom. The number of hydrogen-bond acceptors (Lipinski definition) is 8. The third kappa shape index (κ3) is 7.77. The highest BCUT2D eigenvalue weighted by molar-refractivity contribution is 5.77. The number of carbonyl (C=O) groups excluding carboxylic acids is 2. The number of ether oxygens (including phenoxy) is 6. The second-order valence-electron chi connectivity index (χ2n) is 8.62. The lowest BCUT2D eigenvalue weighted by molar-refractivity contribution is 0.111. The summed E-state index contributed by atoms with van der Waals surface area (Å²) < 4.78 is 34.1. The highest BCUT2D eigenvalue weighted by Crippen LogP contribution is 2.31. The molecule has 0 saturated heterocycles. The Bertz CT molecular complexity index is 1290. The summed E-state index contributed by atoms with van der Waals surface area (Å²) in [4.78, 5) is 22.7. The molecule has 0 spiro atoms. The van der Waals surface area contributed by atoms with E-state index in [0.29, 0.717) is 47.3 Å². The fourth-order valence-corrected chi connectivity index (χ4v) is 3.73. The van der Waals surface area contributed by atoms with E-state index in [1.54, 1.807) is 50.6 Å². The predicted molar refractivity (Wildman–Crippen MR) is 149 cm³/mol. The van der Waals surface area contributed by atoms with E-state index < -0.39 is 0 Å². The van der Waals surface area contributed by atoms with E-state index in [9.17, 15) is 9.59 Å². The van der Waals surface area contributed by atoms with Gasteiger partial charge in [0, 0.05) is 11.1 Å². The van der Waals surface area contributed by atoms with Crippen molar-refractivity contribution in [3.8, 4) is 34.5 Å². The molecule has 4 aromatic rings. The van der Waals surface area contributed by atoms with Crippen molar-refractivity contribution in [3.63, 3.8) is 0 Å². The quantitative estimate of drug-likeness (QED) is 0.135. The van der Waals surface area contributed by atoms with E-state index in [1.807, 2.05) is 48.5 Å². The molecule has 8 nitrogen and oxygen atoms in total. The second-order valence-corrected chi connectivity index (χ2v) is 8.62. The van der Waals surface area contributed by atoms with Crippen molar-refractivity contribution in [2.45, 2.75) is 13.2 Å². The largest absolute Gasteiger partial charge is 0.497 e. The fourth-order valence-electron chi connectivity index (χ4n) is 3.73. The summed E-state index contributed by atoms with van der Waals surface area (Å²) in [7, 11) is 3.23. The van der Waals surface area contributed by atoms with Gasteiger partial charge in [-0.3, -0.25) is 9.59 Å². The minimum Gasteiger partial charge on any atom is -0.497 e. The lowest BCUT2D eigenvalue weighted by Crippen LogP contribution is -2.11. The Labute approximate surface area is 233 Å². The van der Waals surface area contributed by atoms with Crippen LogP contribution in [0.3, 0.4) is 0 Å². The van der Waals surface area contributed by atoms with E-state index in [1.165, 1.54) is 0 Å². The van der Waals surface area contributed by atoms with Crippen LogP contribution in [0, 0.1) is 0 Å². The maximum absolute atomic E-state index is 11.3. The van der Waals surface area contributed by atoms with Crippen molar-refractivity contribution in [2.75, 3.05) is 27.4 Å². The van der Waals surface area contributed by atoms with Crippen LogP contribution in [0.2, 0.25) is 0 Å². The van der Waals surface area contributed by atoms with E-state index in [0.717, 1.165) is 35.2 Å². The first kappa shape index (κ1) is 28.0. The van der Waals surface area contributed by atoms with Crippen LogP contribution in [0.5, 0.6) is 34.5 Å². The molecule has 0 aliphatic rings. The summed E-state index contributed by atoms with van der Waals surface area (Å²) in [5.74, 6) is 3.34. The highest BCUT2D eigenvalue weighted by atomic mass is 16.6. The van der Waals surface area contributed by atoms with Crippen LogP contribution < -0.4 is 28.4 Å². The van der Waals surface area contributed by atoms with Crippen LogP contribution in [-0.4, -0.2) is 40.0 Å². The molecular formula is C32H30O8. The van der Waals surface area contributed by atoms with Crippen molar-refractivity contribution >= 4 is 12.6 Å². The van der Waals surface area contributed by atoms with Gasteiger partial charge in [0.15, 0.2) is 23.0 Å². The Hall–Kier alpha value is -4.98. The molecule has 0 amide bonds. The molecule has 0 bridgehead atoms. The third-order valence-corrected chi connectivity index (χ3v) is 5.91. The van der Waals surface area contributed by atoms with Crippen LogP contribution in [0.25, 0.3) is 0 Å². The van der Waals surface area contributed by atoms with E-state index in [-0.39, 0.29) is 13.2 Å². The zero-order chi connectivity index (χ0) is 28.2. The van der Waals surface area contributed by atoms with Crippen molar-refractivity contribution in [2.24, 2.45) is 0 Å². The molecule has 0 heterocycles. The molecule has 0 aromatic heterocycles. The molecule has 4 aromatic carbocycles. The van der Waals surface area contributed by atoms with E-state index >= 15 is 0 Å². The van der Waals surface area contributed by atoms with Crippen molar-refractivity contribution in [1.29, 1.82) is 0 Å². The average Bonchev–Trinajstić information content (AvgIpc) is 3.02. The highest BCUT2D eigenvalue weighted by Gasteiger charge is 2.11. The summed E-state index contributed by atoms with van der Waals surface area (Å²) in [6, 6.07) is 25.0. The van der Waals surface area contributed by atoms with Gasteiger partial charge in [0.25, 0.3) is 0 Å². The number of hydrogen-bond donors (Lipinski definition) is 0. The van der Waals surface area contributed by atoms with Crippen LogP contribution in [0.4, 0.5) is 0 Å².